The van der Waals surface area contributed by atoms with Crippen LogP contribution in [0.4, 0.5) is 0 Å². The van der Waals surface area contributed by atoms with Crippen molar-refractivity contribution >= 4 is 31.8 Å². The molecule has 29 heavy (non-hydrogen) atoms. The van der Waals surface area contributed by atoms with Crippen LogP contribution in [0.15, 0.2) is 0 Å². The average molecular weight is 410 g/mol. The summed E-state index contributed by atoms with van der Waals surface area (Å²) in [5, 5.41) is 0. The highest BCUT2D eigenvalue weighted by molar-refractivity contribution is 6.77. The van der Waals surface area contributed by atoms with E-state index in [1.54, 1.807) is 12.2 Å². The zero-order chi connectivity index (χ0) is 21.8. The first kappa shape index (κ1) is 35.3. The quantitative estimate of drug-likeness (QED) is 0.558. The first-order chi connectivity index (χ1) is 12.4. The Kier molecular flexibility index (Phi) is 20.3. The highest BCUT2D eigenvalue weighted by Gasteiger charge is 2.32. The molecule has 0 aromatic heterocycles. The fourth-order valence-corrected chi connectivity index (χ4v) is 2.52. The van der Waals surface area contributed by atoms with E-state index in [1.807, 2.05) is 48.5 Å². The van der Waals surface area contributed by atoms with Crippen LogP contribution in [0.1, 0.15) is 84.1 Å². The normalized spacial score (nSPS) is 16.6. The molecule has 2 aliphatic heterocycles. The van der Waals surface area contributed by atoms with Crippen molar-refractivity contribution in [3.8, 4) is 0 Å². The second-order valence-corrected chi connectivity index (χ2v) is 8.08. The third-order valence-electron chi connectivity index (χ3n) is 4.00. The lowest BCUT2D eigenvalue weighted by molar-refractivity contribution is -0.138. The first-order valence-corrected chi connectivity index (χ1v) is 10.2. The zero-order valence-corrected chi connectivity index (χ0v) is 19.3. The molecule has 2 rings (SSSR count). The number of rotatable bonds is 0. The highest BCUT2D eigenvalue weighted by Crippen LogP contribution is 2.17. The van der Waals surface area contributed by atoms with Crippen LogP contribution in [0.2, 0.25) is 12.6 Å². The molecule has 0 atom stereocenters. The Balaban J connectivity index is -0.000000174. The third-order valence-corrected chi connectivity index (χ3v) is 4.00. The van der Waals surface area contributed by atoms with Gasteiger partial charge in [0.2, 0.25) is 20.5 Å². The van der Waals surface area contributed by atoms with Crippen LogP contribution >= 0.6 is 0 Å². The van der Waals surface area contributed by atoms with Gasteiger partial charge in [0, 0.05) is 23.9 Å². The van der Waals surface area contributed by atoms with Crippen molar-refractivity contribution in [3.63, 3.8) is 0 Å². The molecule has 0 N–H and O–H groups in total. The molecule has 1 amide bonds. The summed E-state index contributed by atoms with van der Waals surface area (Å²) in [6.45, 7) is 22.1. The van der Waals surface area contributed by atoms with Gasteiger partial charge < -0.3 is 14.5 Å². The van der Waals surface area contributed by atoms with Crippen LogP contribution in [0.3, 0.4) is 0 Å². The topological polar surface area (TPSA) is 57.7 Å². The molecule has 5 nitrogen and oxygen atoms in total. The van der Waals surface area contributed by atoms with Crippen molar-refractivity contribution < 1.29 is 14.4 Å². The first-order valence-electron chi connectivity index (χ1n) is 10.2. The number of carbonyl (C=O) groups excluding carboxylic acids is 3. The van der Waals surface area contributed by atoms with Gasteiger partial charge in [-0.3, -0.25) is 9.69 Å². The van der Waals surface area contributed by atoms with Gasteiger partial charge in [0.05, 0.1) is 12.2 Å². The Hall–Kier alpha value is -1.10. The molecule has 0 aliphatic carbocycles. The minimum atomic E-state index is -0.235. The lowest BCUT2D eigenvalue weighted by atomic mass is 9.66. The monoisotopic (exact) mass is 410 g/mol. The number of amides is 1. The number of carbonyl (C=O) groups is 3. The molecule has 2 saturated heterocycles. The van der Waals surface area contributed by atoms with Gasteiger partial charge in [-0.05, 0) is 48.1 Å². The lowest BCUT2D eigenvalue weighted by Gasteiger charge is -2.37. The number of hydrogen-bond donors (Lipinski definition) is 0. The summed E-state index contributed by atoms with van der Waals surface area (Å²) in [6, 6.07) is 0. The fourth-order valence-electron chi connectivity index (χ4n) is 2.52. The summed E-state index contributed by atoms with van der Waals surface area (Å²) in [4.78, 5) is 37.2. The van der Waals surface area contributed by atoms with E-state index in [0.717, 1.165) is 12.9 Å². The molecule has 0 bridgehead atoms. The van der Waals surface area contributed by atoms with Crippen LogP contribution in [0.5, 0.6) is 0 Å². The fraction of sp³-hybridized carbons (Fsp3) is 0.864. The summed E-state index contributed by atoms with van der Waals surface area (Å²) in [6.07, 6.45) is 1.17. The summed E-state index contributed by atoms with van der Waals surface area (Å²) < 4.78 is 0. The van der Waals surface area contributed by atoms with Gasteiger partial charge in [-0.25, -0.2) is 0 Å². The van der Waals surface area contributed by atoms with Gasteiger partial charge in [0.15, 0.2) is 0 Å². The van der Waals surface area contributed by atoms with E-state index in [4.69, 9.17) is 0 Å². The Morgan fingerprint density at radius 2 is 1.17 bits per heavy atom. The minimum absolute atomic E-state index is 0. The molecular weight excluding hydrogens is 362 g/mol. The van der Waals surface area contributed by atoms with E-state index in [2.05, 4.69) is 25.7 Å². The van der Waals surface area contributed by atoms with Crippen molar-refractivity contribution in [3.05, 3.63) is 0 Å². The Bertz CT molecular complexity index is 470. The van der Waals surface area contributed by atoms with Crippen LogP contribution in [-0.2, 0) is 14.4 Å². The van der Waals surface area contributed by atoms with E-state index < -0.39 is 0 Å². The molecule has 2 radical (unpaired) electrons. The Labute approximate surface area is 183 Å². The largest absolute Gasteiger partial charge is 0.332 e. The SMILES string of the molecule is C.C.CC.CC.CC(C)(C)N1CC(=O)[B]CC1=O.CC(C)(C)N1CC[B]C(=O)C1. The van der Waals surface area contributed by atoms with Gasteiger partial charge in [0.25, 0.3) is 0 Å². The Morgan fingerprint density at radius 3 is 1.48 bits per heavy atom. The van der Waals surface area contributed by atoms with E-state index >= 15 is 0 Å². The number of hydrogen-bond acceptors (Lipinski definition) is 4. The smallest absolute Gasteiger partial charge is 0.216 e. The van der Waals surface area contributed by atoms with Gasteiger partial charge in [-0.1, -0.05) is 48.9 Å². The predicted molar refractivity (Wildman–Crippen MR) is 130 cm³/mol. The average Bonchev–Trinajstić information content (AvgIpc) is 2.59. The maximum absolute atomic E-state index is 11.3. The standard InChI is InChI=1S/C8H13BNO2.C8H15BNO.2C2H6.2CH4/c1-8(2,3)10-5-6(11)9-4-7(10)12;1-8(2,3)10-5-4-9-7(11)6-10;2*1-2;;/h4-5H2,1-3H3;4-6H2,1-3H3;2*1-2H3;2*1H4. The van der Waals surface area contributed by atoms with Gasteiger partial charge in [-0.15, -0.1) is 0 Å². The van der Waals surface area contributed by atoms with E-state index in [9.17, 15) is 14.4 Å². The van der Waals surface area contributed by atoms with Crippen LogP contribution in [0.25, 0.3) is 0 Å². The van der Waals surface area contributed by atoms with Crippen LogP contribution in [-0.4, -0.2) is 72.3 Å². The summed E-state index contributed by atoms with van der Waals surface area (Å²) in [5.41, 5.74) is 0.223. The van der Waals surface area contributed by atoms with Crippen molar-refractivity contribution in [2.24, 2.45) is 0 Å². The lowest BCUT2D eigenvalue weighted by Crippen LogP contribution is -2.52. The molecule has 0 aromatic rings. The van der Waals surface area contributed by atoms with Crippen LogP contribution < -0.4 is 0 Å². The molecule has 2 heterocycles. The van der Waals surface area contributed by atoms with Crippen LogP contribution in [0, 0.1) is 0 Å². The highest BCUT2D eigenvalue weighted by atomic mass is 16.2. The van der Waals surface area contributed by atoms with Crippen molar-refractivity contribution in [1.29, 1.82) is 0 Å². The van der Waals surface area contributed by atoms with Gasteiger partial charge in [0.1, 0.15) is 5.68 Å². The van der Waals surface area contributed by atoms with Gasteiger partial charge in [-0.2, -0.15) is 0 Å². The molecule has 2 aliphatic rings. The summed E-state index contributed by atoms with van der Waals surface area (Å²) in [7, 11) is 3.26. The van der Waals surface area contributed by atoms with Gasteiger partial charge >= 0.3 is 0 Å². The second kappa shape index (κ2) is 16.7. The van der Waals surface area contributed by atoms with E-state index in [0.29, 0.717) is 6.54 Å². The molecule has 0 aromatic carbocycles. The van der Waals surface area contributed by atoms with Crippen molar-refractivity contribution in [2.45, 2.75) is 108 Å². The molecule has 0 spiro atoms. The molecule has 7 heteroatoms. The second-order valence-electron chi connectivity index (χ2n) is 8.08. The van der Waals surface area contributed by atoms with Crippen molar-refractivity contribution in [1.82, 2.24) is 9.80 Å². The maximum Gasteiger partial charge on any atom is 0.216 e. The minimum Gasteiger partial charge on any atom is -0.332 e. The molecule has 0 unspecified atom stereocenters. The van der Waals surface area contributed by atoms with E-state index in [1.165, 1.54) is 7.28 Å². The Morgan fingerprint density at radius 1 is 0.724 bits per heavy atom. The molecule has 170 valence electrons. The predicted octanol–water partition coefficient (Wildman–Crippen LogP) is 4.35. The third kappa shape index (κ3) is 14.5. The molecule has 0 saturated carbocycles. The molecular formula is C22H48B2N2O3. The van der Waals surface area contributed by atoms with Crippen molar-refractivity contribution in [2.75, 3.05) is 19.6 Å². The summed E-state index contributed by atoms with van der Waals surface area (Å²) in [5.74, 6) is 0.0436. The number of nitrogens with zero attached hydrogens (tertiary/aromatic N) is 2. The zero-order valence-electron chi connectivity index (χ0n) is 19.3. The maximum atomic E-state index is 11.3. The molecule has 2 fully saturated rings. The summed E-state index contributed by atoms with van der Waals surface area (Å²) >= 11 is 0. The van der Waals surface area contributed by atoms with E-state index in [-0.39, 0.29) is 56.1 Å².